The molecule has 3 nitrogen and oxygen atoms in total. The lowest BCUT2D eigenvalue weighted by atomic mass is 10.00. The SMILES string of the molecule is CC(C)(C)NCC(=O)C1=CC=CC2OC12. The second-order valence-corrected chi connectivity index (χ2v) is 5.05. The number of nitrogens with one attached hydrogen (secondary N) is 1. The molecule has 3 heteroatoms. The normalized spacial score (nSPS) is 28.3. The Labute approximate surface area is 90.2 Å². The van der Waals surface area contributed by atoms with Gasteiger partial charge in [0.1, 0.15) is 12.2 Å². The van der Waals surface area contributed by atoms with E-state index in [1.165, 1.54) is 0 Å². The first-order chi connectivity index (χ1) is 6.97. The van der Waals surface area contributed by atoms with Crippen LogP contribution in [-0.2, 0) is 9.53 Å². The van der Waals surface area contributed by atoms with Gasteiger partial charge in [0.2, 0.25) is 0 Å². The highest BCUT2D eigenvalue weighted by Crippen LogP contribution is 2.33. The van der Waals surface area contributed by atoms with E-state index in [9.17, 15) is 4.79 Å². The summed E-state index contributed by atoms with van der Waals surface area (Å²) in [7, 11) is 0. The van der Waals surface area contributed by atoms with Gasteiger partial charge in [0.25, 0.3) is 0 Å². The van der Waals surface area contributed by atoms with Crippen molar-refractivity contribution in [2.45, 2.75) is 38.5 Å². The fourth-order valence-corrected chi connectivity index (χ4v) is 1.58. The lowest BCUT2D eigenvalue weighted by Gasteiger charge is -2.20. The van der Waals surface area contributed by atoms with Crippen LogP contribution >= 0.6 is 0 Å². The molecule has 0 radical (unpaired) electrons. The number of hydrogen-bond acceptors (Lipinski definition) is 3. The zero-order chi connectivity index (χ0) is 11.1. The molecule has 1 aliphatic carbocycles. The molecule has 1 N–H and O–H groups in total. The van der Waals surface area contributed by atoms with Crippen LogP contribution in [0, 0.1) is 0 Å². The van der Waals surface area contributed by atoms with Gasteiger partial charge in [-0.05, 0) is 20.8 Å². The van der Waals surface area contributed by atoms with Crippen LogP contribution in [0.4, 0.5) is 0 Å². The number of carbonyl (C=O) groups is 1. The molecule has 2 rings (SSSR count). The highest BCUT2D eigenvalue weighted by Gasteiger charge is 2.43. The lowest BCUT2D eigenvalue weighted by Crippen LogP contribution is -2.40. The third kappa shape index (κ3) is 2.55. The summed E-state index contributed by atoms with van der Waals surface area (Å²) in [5.74, 6) is 0.141. The molecule has 1 saturated heterocycles. The summed E-state index contributed by atoms with van der Waals surface area (Å²) in [6.45, 7) is 6.53. The summed E-state index contributed by atoms with van der Waals surface area (Å²) in [5.41, 5.74) is 0.782. The molecule has 0 aromatic heterocycles. The maximum atomic E-state index is 11.8. The van der Waals surface area contributed by atoms with Gasteiger partial charge in [-0.25, -0.2) is 0 Å². The standard InChI is InChI=1S/C12H17NO2/c1-12(2,3)13-7-9(14)8-5-4-6-10-11(8)15-10/h4-6,10-11,13H,7H2,1-3H3. The Balaban J connectivity index is 1.91. The molecule has 0 bridgehead atoms. The van der Waals surface area contributed by atoms with Crippen molar-refractivity contribution in [3.63, 3.8) is 0 Å². The molecule has 1 aliphatic heterocycles. The number of allylic oxidation sites excluding steroid dienone is 2. The van der Waals surface area contributed by atoms with Gasteiger partial charge in [-0.2, -0.15) is 0 Å². The van der Waals surface area contributed by atoms with E-state index >= 15 is 0 Å². The van der Waals surface area contributed by atoms with Gasteiger partial charge in [0.15, 0.2) is 5.78 Å². The van der Waals surface area contributed by atoms with Crippen LogP contribution in [0.2, 0.25) is 0 Å². The number of rotatable bonds is 3. The molecule has 0 aromatic rings. The first-order valence-corrected chi connectivity index (χ1v) is 5.29. The van der Waals surface area contributed by atoms with Crippen molar-refractivity contribution < 1.29 is 9.53 Å². The number of hydrogen-bond donors (Lipinski definition) is 1. The van der Waals surface area contributed by atoms with Crippen molar-refractivity contribution in [3.8, 4) is 0 Å². The minimum absolute atomic E-state index is 0.0233. The van der Waals surface area contributed by atoms with Crippen molar-refractivity contribution in [1.29, 1.82) is 0 Å². The first kappa shape index (κ1) is 10.6. The predicted molar refractivity (Wildman–Crippen MR) is 58.6 cm³/mol. The highest BCUT2D eigenvalue weighted by molar-refractivity contribution is 5.99. The fourth-order valence-electron chi connectivity index (χ4n) is 1.58. The molecule has 82 valence electrons. The maximum Gasteiger partial charge on any atom is 0.175 e. The van der Waals surface area contributed by atoms with E-state index in [0.717, 1.165) is 5.57 Å². The van der Waals surface area contributed by atoms with Crippen LogP contribution < -0.4 is 5.32 Å². The largest absolute Gasteiger partial charge is 0.360 e. The van der Waals surface area contributed by atoms with Crippen LogP contribution in [0.15, 0.2) is 23.8 Å². The van der Waals surface area contributed by atoms with Crippen LogP contribution in [0.5, 0.6) is 0 Å². The fraction of sp³-hybridized carbons (Fsp3) is 0.583. The quantitative estimate of drug-likeness (QED) is 0.707. The van der Waals surface area contributed by atoms with E-state index in [4.69, 9.17) is 4.74 Å². The monoisotopic (exact) mass is 207 g/mol. The van der Waals surface area contributed by atoms with Gasteiger partial charge in [0.05, 0.1) is 6.54 Å². The topological polar surface area (TPSA) is 41.6 Å². The minimum atomic E-state index is -0.0233. The summed E-state index contributed by atoms with van der Waals surface area (Å²) in [4.78, 5) is 11.8. The molecule has 15 heavy (non-hydrogen) atoms. The van der Waals surface area contributed by atoms with Gasteiger partial charge in [-0.15, -0.1) is 0 Å². The van der Waals surface area contributed by atoms with Crippen molar-refractivity contribution >= 4 is 5.78 Å². The van der Waals surface area contributed by atoms with E-state index in [0.29, 0.717) is 6.54 Å². The average Bonchev–Trinajstić information content (AvgIpc) is 2.90. The van der Waals surface area contributed by atoms with E-state index in [1.807, 2.05) is 39.0 Å². The molecule has 1 fully saturated rings. The van der Waals surface area contributed by atoms with Crippen molar-refractivity contribution in [3.05, 3.63) is 23.8 Å². The molecular weight excluding hydrogens is 190 g/mol. The van der Waals surface area contributed by atoms with E-state index in [2.05, 4.69) is 5.32 Å². The molecule has 0 spiro atoms. The highest BCUT2D eigenvalue weighted by atomic mass is 16.6. The number of ether oxygens (including phenoxy) is 1. The smallest absolute Gasteiger partial charge is 0.175 e. The van der Waals surface area contributed by atoms with Crippen molar-refractivity contribution in [2.24, 2.45) is 0 Å². The van der Waals surface area contributed by atoms with Crippen LogP contribution in [-0.4, -0.2) is 30.1 Å². The third-order valence-electron chi connectivity index (χ3n) is 2.51. The van der Waals surface area contributed by atoms with Crippen LogP contribution in [0.25, 0.3) is 0 Å². The molecule has 0 amide bonds. The Morgan fingerprint density at radius 1 is 1.53 bits per heavy atom. The number of carbonyl (C=O) groups excluding carboxylic acids is 1. The molecule has 0 saturated carbocycles. The molecule has 0 aromatic carbocycles. The van der Waals surface area contributed by atoms with Gasteiger partial charge in [-0.1, -0.05) is 18.2 Å². The number of ketones is 1. The first-order valence-electron chi connectivity index (χ1n) is 5.29. The zero-order valence-corrected chi connectivity index (χ0v) is 9.41. The molecule has 2 unspecified atom stereocenters. The summed E-state index contributed by atoms with van der Waals surface area (Å²) < 4.78 is 5.34. The second kappa shape index (κ2) is 3.58. The number of epoxide rings is 1. The predicted octanol–water partition coefficient (Wildman–Crippen LogP) is 1.21. The minimum Gasteiger partial charge on any atom is -0.360 e. The Hall–Kier alpha value is -0.930. The Kier molecular flexibility index (Phi) is 2.52. The second-order valence-electron chi connectivity index (χ2n) is 5.05. The summed E-state index contributed by atoms with van der Waals surface area (Å²) in [5, 5.41) is 3.19. The van der Waals surface area contributed by atoms with Gasteiger partial charge in [-0.3, -0.25) is 4.79 Å². The zero-order valence-electron chi connectivity index (χ0n) is 9.41. The van der Waals surface area contributed by atoms with Gasteiger partial charge < -0.3 is 10.1 Å². The average molecular weight is 207 g/mol. The van der Waals surface area contributed by atoms with E-state index in [1.54, 1.807) is 0 Å². The van der Waals surface area contributed by atoms with E-state index in [-0.39, 0.29) is 23.5 Å². The van der Waals surface area contributed by atoms with Crippen molar-refractivity contribution in [1.82, 2.24) is 5.32 Å². The van der Waals surface area contributed by atoms with Crippen molar-refractivity contribution in [2.75, 3.05) is 6.54 Å². The Morgan fingerprint density at radius 3 is 2.93 bits per heavy atom. The van der Waals surface area contributed by atoms with Crippen LogP contribution in [0.3, 0.4) is 0 Å². The lowest BCUT2D eigenvalue weighted by molar-refractivity contribution is -0.115. The molecule has 2 atom stereocenters. The van der Waals surface area contributed by atoms with Gasteiger partial charge >= 0.3 is 0 Å². The molecule has 2 aliphatic rings. The Morgan fingerprint density at radius 2 is 2.27 bits per heavy atom. The van der Waals surface area contributed by atoms with E-state index < -0.39 is 0 Å². The summed E-state index contributed by atoms with van der Waals surface area (Å²) in [6, 6.07) is 0. The number of fused-ring (bicyclic) bond motifs is 1. The third-order valence-corrected chi connectivity index (χ3v) is 2.51. The Bertz CT molecular complexity index is 336. The van der Waals surface area contributed by atoms with Gasteiger partial charge in [0, 0.05) is 11.1 Å². The van der Waals surface area contributed by atoms with Crippen LogP contribution in [0.1, 0.15) is 20.8 Å². The molecular formula is C12H17NO2. The summed E-state index contributed by atoms with van der Waals surface area (Å²) >= 11 is 0. The maximum absolute atomic E-state index is 11.8. The number of Topliss-reactive ketones (excluding diaryl/α,β-unsaturated/α-hetero) is 1. The molecule has 1 heterocycles. The summed E-state index contributed by atoms with van der Waals surface area (Å²) in [6.07, 6.45) is 5.94.